The number of aliphatic hydroxyl groups excluding tert-OH is 1. The quantitative estimate of drug-likeness (QED) is 0.456. The third kappa shape index (κ3) is 1.72. The van der Waals surface area contributed by atoms with Gasteiger partial charge in [0.25, 0.3) is 0 Å². The van der Waals surface area contributed by atoms with Gasteiger partial charge in [-0.3, -0.25) is 0 Å². The van der Waals surface area contributed by atoms with E-state index in [-0.39, 0.29) is 0 Å². The molecule has 0 rings (SSSR count). The molecule has 36 valence electrons. The molecule has 6 heavy (non-hydrogen) atoms. The molecule has 0 aromatic rings. The lowest BCUT2D eigenvalue weighted by Crippen LogP contribution is -2.13. The summed E-state index contributed by atoms with van der Waals surface area (Å²) in [5.74, 6) is -1.19. The van der Waals surface area contributed by atoms with E-state index < -0.39 is 12.1 Å². The average Bonchev–Trinajstić information content (AvgIpc) is 1.36. The Hall–Kier alpha value is -0.570. The van der Waals surface area contributed by atoms with Crippen molar-refractivity contribution in [1.29, 1.82) is 0 Å². The highest BCUT2D eigenvalue weighted by Crippen LogP contribution is 1.73. The summed E-state index contributed by atoms with van der Waals surface area (Å²) in [7, 11) is 0. The van der Waals surface area contributed by atoms with Gasteiger partial charge in [-0.05, 0) is 6.92 Å². The van der Waals surface area contributed by atoms with Crippen LogP contribution in [0.1, 0.15) is 6.92 Å². The predicted molar refractivity (Wildman–Crippen MR) is 19.3 cm³/mol. The van der Waals surface area contributed by atoms with Crippen LogP contribution in [-0.2, 0) is 4.79 Å². The molecule has 0 bridgehead atoms. The number of carboxylic acids is 1. The smallest absolute Gasteiger partial charge is 0.332 e. The van der Waals surface area contributed by atoms with Crippen LogP contribution in [0.15, 0.2) is 0 Å². The second-order valence-corrected chi connectivity index (χ2v) is 1.01. The van der Waals surface area contributed by atoms with Gasteiger partial charge in [0.15, 0.2) is 0 Å². The van der Waals surface area contributed by atoms with Crippen molar-refractivity contribution in [2.45, 2.75) is 13.0 Å². The molecule has 0 saturated carbocycles. The Morgan fingerprint density at radius 1 is 1.83 bits per heavy atom. The minimum Gasteiger partial charge on any atom is -0.479 e. The lowest BCUT2D eigenvalue weighted by atomic mass is 10.7. The number of rotatable bonds is 1. The molecule has 0 unspecified atom stereocenters. The molecule has 0 aromatic carbocycles. The Morgan fingerprint density at radius 2 is 2.00 bits per heavy atom. The van der Waals surface area contributed by atoms with Crippen molar-refractivity contribution < 1.29 is 15.0 Å². The highest BCUT2D eigenvalue weighted by atomic mass is 16.7. The standard InChI is InChI=1S/C3H6O3/c1-2(4)3(5)6/h2,4H,1H3,(H,5,6)/t2-/m1/s1/i3+2. The maximum Gasteiger partial charge on any atom is 0.332 e. The topological polar surface area (TPSA) is 57.5 Å². The number of hydrogen-bond donors (Lipinski definition) is 2. The minimum absolute atomic E-state index is 1.19. The zero-order chi connectivity index (χ0) is 5.15. The fourth-order valence-corrected chi connectivity index (χ4v) is 0. The fraction of sp³-hybridized carbons (Fsp3) is 0.667. The van der Waals surface area contributed by atoms with Crippen LogP contribution in [0.3, 0.4) is 0 Å². The fourth-order valence-electron chi connectivity index (χ4n) is 0. The maximum atomic E-state index is 9.45. The normalized spacial score (nSPS) is 13.7. The summed E-state index contributed by atoms with van der Waals surface area (Å²) < 4.78 is 0. The molecule has 0 aromatic heterocycles. The van der Waals surface area contributed by atoms with Crippen molar-refractivity contribution in [1.82, 2.24) is 0 Å². The van der Waals surface area contributed by atoms with E-state index in [4.69, 9.17) is 10.2 Å². The first-order valence-electron chi connectivity index (χ1n) is 1.55. The van der Waals surface area contributed by atoms with Crippen LogP contribution in [-0.4, -0.2) is 22.3 Å². The molecule has 0 aliphatic carbocycles. The van der Waals surface area contributed by atoms with Gasteiger partial charge in [-0.25, -0.2) is 4.79 Å². The van der Waals surface area contributed by atoms with Crippen LogP contribution >= 0.6 is 0 Å². The molecule has 0 amide bonds. The first-order valence-corrected chi connectivity index (χ1v) is 1.55. The van der Waals surface area contributed by atoms with Crippen molar-refractivity contribution in [2.24, 2.45) is 0 Å². The summed E-state index contributed by atoms with van der Waals surface area (Å²) in [6.07, 6.45) is -1.23. The third-order valence-corrected chi connectivity index (χ3v) is 0.357. The summed E-state index contributed by atoms with van der Waals surface area (Å²) >= 11 is 0. The zero-order valence-electron chi connectivity index (χ0n) is 3.38. The van der Waals surface area contributed by atoms with Gasteiger partial charge in [-0.15, -0.1) is 0 Å². The van der Waals surface area contributed by atoms with Crippen LogP contribution in [0.4, 0.5) is 0 Å². The lowest BCUT2D eigenvalue weighted by molar-refractivity contribution is -0.145. The summed E-state index contributed by atoms with van der Waals surface area (Å²) in [5.41, 5.74) is 0. The molecule has 3 heteroatoms. The van der Waals surface area contributed by atoms with Gasteiger partial charge in [0, 0.05) is 0 Å². The van der Waals surface area contributed by atoms with Crippen LogP contribution in [0.2, 0.25) is 0 Å². The third-order valence-electron chi connectivity index (χ3n) is 0.357. The first kappa shape index (κ1) is 5.43. The molecule has 0 aliphatic heterocycles. The number of aliphatic carboxylic acids is 1. The summed E-state index contributed by atoms with van der Waals surface area (Å²) in [6.45, 7) is 1.20. The van der Waals surface area contributed by atoms with Crippen molar-refractivity contribution >= 4 is 5.97 Å². The molecule has 0 radical (unpaired) electrons. The Morgan fingerprint density at radius 3 is 2.00 bits per heavy atom. The summed E-state index contributed by atoms with van der Waals surface area (Å²) in [6, 6.07) is 0. The Labute approximate surface area is 35.2 Å². The number of carbonyl (C=O) groups is 1. The molecule has 0 heterocycles. The maximum absolute atomic E-state index is 9.45. The van der Waals surface area contributed by atoms with Crippen LogP contribution < -0.4 is 0 Å². The van der Waals surface area contributed by atoms with Gasteiger partial charge in [-0.1, -0.05) is 0 Å². The molecule has 0 aliphatic rings. The molecule has 0 fully saturated rings. The lowest BCUT2D eigenvalue weighted by Gasteiger charge is -1.89. The van der Waals surface area contributed by atoms with Gasteiger partial charge in [0.2, 0.25) is 0 Å². The molecule has 2 N–H and O–H groups in total. The molecular formula is C3H6O3. The molecule has 1 atom stereocenters. The molecule has 3 nitrogen and oxygen atoms in total. The zero-order valence-corrected chi connectivity index (χ0v) is 3.38. The number of carboxylic acid groups (broad SMARTS) is 1. The van der Waals surface area contributed by atoms with E-state index in [2.05, 4.69) is 0 Å². The van der Waals surface area contributed by atoms with E-state index in [1.54, 1.807) is 0 Å². The molecule has 0 saturated heterocycles. The second-order valence-electron chi connectivity index (χ2n) is 1.01. The van der Waals surface area contributed by atoms with Crippen molar-refractivity contribution in [3.8, 4) is 0 Å². The highest BCUT2D eigenvalue weighted by Gasteiger charge is 2.01. The largest absolute Gasteiger partial charge is 0.479 e. The van der Waals surface area contributed by atoms with Gasteiger partial charge in [0.05, 0.1) is 0 Å². The Bertz CT molecular complexity index is 57.1. The molecular weight excluding hydrogens is 86.0 g/mol. The van der Waals surface area contributed by atoms with E-state index in [1.165, 1.54) is 6.92 Å². The van der Waals surface area contributed by atoms with E-state index in [0.29, 0.717) is 0 Å². The predicted octanol–water partition coefficient (Wildman–Crippen LogP) is -0.548. The van der Waals surface area contributed by atoms with Crippen molar-refractivity contribution in [2.75, 3.05) is 0 Å². The van der Waals surface area contributed by atoms with Gasteiger partial charge >= 0.3 is 5.97 Å². The number of aliphatic hydroxyl groups is 1. The summed E-state index contributed by atoms with van der Waals surface area (Å²) in [4.78, 5) is 9.45. The SMILES string of the molecule is C[C@@H](O)[14C](=O)O. The Kier molecular flexibility index (Phi) is 1.60. The second kappa shape index (κ2) is 1.77. The van der Waals surface area contributed by atoms with E-state index >= 15 is 0 Å². The van der Waals surface area contributed by atoms with Gasteiger partial charge in [-0.2, -0.15) is 0 Å². The number of hydrogen-bond acceptors (Lipinski definition) is 2. The van der Waals surface area contributed by atoms with Crippen LogP contribution in [0.5, 0.6) is 0 Å². The minimum atomic E-state index is -1.23. The van der Waals surface area contributed by atoms with Crippen LogP contribution in [0.25, 0.3) is 0 Å². The molecule has 0 spiro atoms. The first-order chi connectivity index (χ1) is 2.64. The summed E-state index contributed by atoms with van der Waals surface area (Å²) in [5, 5.41) is 15.8. The van der Waals surface area contributed by atoms with Gasteiger partial charge in [0.1, 0.15) is 6.10 Å². The van der Waals surface area contributed by atoms with Crippen LogP contribution in [0, 0.1) is 0 Å². The average molecular weight is 92.1 g/mol. The van der Waals surface area contributed by atoms with Crippen molar-refractivity contribution in [3.05, 3.63) is 0 Å². The van der Waals surface area contributed by atoms with Gasteiger partial charge < -0.3 is 10.2 Å². The highest BCUT2D eigenvalue weighted by molar-refractivity contribution is 5.71. The van der Waals surface area contributed by atoms with E-state index in [1.807, 2.05) is 0 Å². The monoisotopic (exact) mass is 92.0 g/mol. The van der Waals surface area contributed by atoms with E-state index in [9.17, 15) is 4.79 Å². The van der Waals surface area contributed by atoms with E-state index in [0.717, 1.165) is 0 Å². The Balaban J connectivity index is 3.26. The van der Waals surface area contributed by atoms with Crippen molar-refractivity contribution in [3.63, 3.8) is 0 Å².